The third-order valence-corrected chi connectivity index (χ3v) is 12.3. The Morgan fingerprint density at radius 3 is 2.14 bits per heavy atom. The van der Waals surface area contributed by atoms with E-state index in [1.54, 1.807) is 0 Å². The molecule has 1 aliphatic carbocycles. The van der Waals surface area contributed by atoms with E-state index in [-0.39, 0.29) is 56.2 Å². The summed E-state index contributed by atoms with van der Waals surface area (Å²) >= 11 is 0. The minimum atomic E-state index is -6.39. The molecule has 2 fully saturated rings. The summed E-state index contributed by atoms with van der Waals surface area (Å²) in [7, 11) is -8.62. The van der Waals surface area contributed by atoms with E-state index in [9.17, 15) is 53.2 Å². The average molecular weight is 679 g/mol. The number of likely N-dealkylation sites (tertiary alicyclic amines) is 1. The quantitative estimate of drug-likeness (QED) is 0.273. The molecule has 0 aromatic heterocycles. The van der Waals surface area contributed by atoms with E-state index in [0.29, 0.717) is 6.07 Å². The fraction of sp³-hybridized carbons (Fsp3) is 0.500. The molecule has 0 saturated carbocycles. The van der Waals surface area contributed by atoms with Crippen molar-refractivity contribution in [1.82, 2.24) is 4.90 Å². The van der Waals surface area contributed by atoms with Crippen molar-refractivity contribution in [3.63, 3.8) is 0 Å². The average Bonchev–Trinajstić information content (AvgIpc) is 3.34. The second-order valence-corrected chi connectivity index (χ2v) is 15.5. The van der Waals surface area contributed by atoms with Gasteiger partial charge in [-0.3, -0.25) is 0 Å². The first kappa shape index (κ1) is 32.9. The summed E-state index contributed by atoms with van der Waals surface area (Å²) in [5.74, 6) is -1.43. The van der Waals surface area contributed by atoms with Gasteiger partial charge in [-0.2, -0.15) is 26.3 Å². The zero-order chi connectivity index (χ0) is 32.7. The molecule has 5 rings (SSSR count). The number of aryl methyl sites for hydroxylation is 1. The van der Waals surface area contributed by atoms with Crippen molar-refractivity contribution in [2.45, 2.75) is 59.9 Å². The van der Waals surface area contributed by atoms with Crippen molar-refractivity contribution in [3.8, 4) is 0 Å². The Morgan fingerprint density at radius 1 is 1.02 bits per heavy atom. The zero-order valence-corrected chi connectivity index (χ0v) is 24.6. The molecule has 18 heteroatoms. The molecule has 8 nitrogen and oxygen atoms in total. The number of halogens is 8. The molecule has 2 heterocycles. The van der Waals surface area contributed by atoms with Crippen LogP contribution in [0.5, 0.6) is 0 Å². The second-order valence-electron chi connectivity index (χ2n) is 11.4. The van der Waals surface area contributed by atoms with Crippen LogP contribution in [0.2, 0.25) is 0 Å². The second kappa shape index (κ2) is 10.3. The number of hydrogen-bond acceptors (Lipinski definition) is 7. The van der Waals surface area contributed by atoms with Crippen LogP contribution in [0.4, 0.5) is 35.1 Å². The summed E-state index contributed by atoms with van der Waals surface area (Å²) in [5, 5.41) is 0. The Hall–Kier alpha value is -2.43. The van der Waals surface area contributed by atoms with Gasteiger partial charge < -0.3 is 0 Å². The summed E-state index contributed by atoms with van der Waals surface area (Å²) in [6.07, 6.45) is -13.7. The van der Waals surface area contributed by atoms with Gasteiger partial charge in [-0.05, 0) is 0 Å². The Kier molecular flexibility index (Phi) is 7.71. The van der Waals surface area contributed by atoms with Gasteiger partial charge in [0.1, 0.15) is 0 Å². The maximum absolute atomic E-state index is 15.0. The van der Waals surface area contributed by atoms with Crippen LogP contribution in [-0.2, 0) is 40.5 Å². The van der Waals surface area contributed by atoms with Gasteiger partial charge in [-0.15, -0.1) is 0 Å². The number of amides is 1. The van der Waals surface area contributed by atoms with Crippen LogP contribution >= 0.6 is 8.09 Å². The molecule has 0 bridgehead atoms. The fourth-order valence-electron chi connectivity index (χ4n) is 6.38. The normalized spacial score (nSPS) is 28.2. The van der Waals surface area contributed by atoms with Crippen molar-refractivity contribution in [1.29, 1.82) is 0 Å². The molecule has 1 amide bonds. The number of nitrogens with two attached hydrogens (primary N) is 1. The summed E-state index contributed by atoms with van der Waals surface area (Å²) in [6.45, 7) is 0.466. The number of alkyl halides is 7. The maximum atomic E-state index is 15.0. The van der Waals surface area contributed by atoms with Crippen LogP contribution in [0, 0.1) is 11.2 Å². The third kappa shape index (κ3) is 4.81. The molecule has 0 spiro atoms. The monoisotopic (exact) mass is 678 g/mol. The summed E-state index contributed by atoms with van der Waals surface area (Å²) < 4.78 is 147. The number of benzene rings is 2. The van der Waals surface area contributed by atoms with E-state index in [4.69, 9.17) is 14.6 Å². The van der Waals surface area contributed by atoms with Crippen LogP contribution in [0.15, 0.2) is 47.4 Å². The molecular weight excluding hydrogens is 651 g/mol. The fourth-order valence-corrected chi connectivity index (χ4v) is 9.88. The van der Waals surface area contributed by atoms with Crippen molar-refractivity contribution in [2.75, 3.05) is 19.8 Å². The zero-order valence-electron chi connectivity index (χ0n) is 22.8. The topological polar surface area (TPSA) is 119 Å². The molecule has 2 aromatic rings. The van der Waals surface area contributed by atoms with E-state index < -0.39 is 74.3 Å². The first-order chi connectivity index (χ1) is 20.1. The molecular formula is C26H27F8N2O6PS. The van der Waals surface area contributed by atoms with Crippen molar-refractivity contribution in [3.05, 3.63) is 65.0 Å². The van der Waals surface area contributed by atoms with Gasteiger partial charge in [-0.1, -0.05) is 0 Å². The molecule has 2 saturated heterocycles. The molecule has 2 aromatic carbocycles. The third-order valence-electron chi connectivity index (χ3n) is 8.64. The molecule has 3 aliphatic rings. The number of rotatable bonds is 4. The van der Waals surface area contributed by atoms with Gasteiger partial charge in [0.25, 0.3) is 0 Å². The van der Waals surface area contributed by atoms with Gasteiger partial charge in [0.15, 0.2) is 0 Å². The van der Waals surface area contributed by atoms with Gasteiger partial charge >= 0.3 is 211 Å². The molecule has 3 N–H and O–H groups in total. The van der Waals surface area contributed by atoms with Gasteiger partial charge in [0.2, 0.25) is 0 Å². The van der Waals surface area contributed by atoms with Crippen molar-refractivity contribution < 1.29 is 62.3 Å². The van der Waals surface area contributed by atoms with Crippen LogP contribution in [-0.4, -0.2) is 62.3 Å². The van der Waals surface area contributed by atoms with Crippen LogP contribution in [0.25, 0.3) is 0 Å². The van der Waals surface area contributed by atoms with Gasteiger partial charge in [0.05, 0.1) is 0 Å². The van der Waals surface area contributed by atoms with Gasteiger partial charge in [0, 0.05) is 0 Å². The molecule has 44 heavy (non-hydrogen) atoms. The van der Waals surface area contributed by atoms with Gasteiger partial charge in [-0.25, -0.2) is 8.78 Å². The van der Waals surface area contributed by atoms with E-state index >= 15 is 0 Å². The SMILES string of the molecule is CC1(C(=O)N2CC[C@@]3(S(=O)(=O)c4ccc(F)cc4)c4ccc(C(F)(C(F)(F)F)C(F)(F)F)cc4CC[C@@H]23)CO[PH](N)(O)OC1. The van der Waals surface area contributed by atoms with Crippen LogP contribution in [0.1, 0.15) is 36.5 Å². The first-order valence-electron chi connectivity index (χ1n) is 13.2. The van der Waals surface area contributed by atoms with E-state index in [1.165, 1.54) is 11.8 Å². The number of carbonyl (C=O) groups excluding carboxylic acids is 1. The Balaban J connectivity index is 1.66. The van der Waals surface area contributed by atoms with E-state index in [0.717, 1.165) is 30.3 Å². The number of nitrogens with zero attached hydrogens (tertiary/aromatic N) is 1. The Labute approximate surface area is 246 Å². The van der Waals surface area contributed by atoms with Crippen molar-refractivity contribution >= 4 is 23.8 Å². The molecule has 0 radical (unpaired) electrons. The summed E-state index contributed by atoms with van der Waals surface area (Å²) in [4.78, 5) is 24.6. The van der Waals surface area contributed by atoms with E-state index in [1.807, 2.05) is 0 Å². The summed E-state index contributed by atoms with van der Waals surface area (Å²) in [5.41, 5.74) is -3.91. The molecule has 2 aliphatic heterocycles. The Bertz CT molecular complexity index is 1560. The summed E-state index contributed by atoms with van der Waals surface area (Å²) in [6, 6.07) is 3.80. The minimum absolute atomic E-state index is 0.200. The number of hydrogen-bond donors (Lipinski definition) is 2. The first-order valence-corrected chi connectivity index (χ1v) is 16.5. The Morgan fingerprint density at radius 2 is 1.59 bits per heavy atom. The number of fused-ring (bicyclic) bond motifs is 3. The van der Waals surface area contributed by atoms with Crippen LogP contribution in [0.3, 0.4) is 0 Å². The molecule has 0 unspecified atom stereocenters. The predicted octanol–water partition coefficient (Wildman–Crippen LogP) is 4.75. The molecule has 2 atom stereocenters. The molecule has 244 valence electrons. The van der Waals surface area contributed by atoms with Crippen LogP contribution < -0.4 is 5.50 Å². The van der Waals surface area contributed by atoms with Crippen molar-refractivity contribution in [2.24, 2.45) is 10.9 Å². The number of sulfone groups is 1. The van der Waals surface area contributed by atoms with E-state index in [2.05, 4.69) is 0 Å². The predicted molar refractivity (Wildman–Crippen MR) is 140 cm³/mol. The number of carbonyl (C=O) groups is 1. The standard InChI is InChI=1S/C26H27F8N2O6PS/c1-22(13-41-43(35,38)42-14-22)21(37)36-11-10-23(44(39,40)18-6-4-17(27)5-7-18)19-8-3-16(12-15(19)2-9-20(23)36)24(28,25(29,30)31)26(32,33)34/h3-8,12,20,38,43H,2,9-11,13-14,35H2,1H3/t20-,23-/m1/s1.